The van der Waals surface area contributed by atoms with E-state index in [2.05, 4.69) is 135 Å². The molecule has 0 saturated carbocycles. The van der Waals surface area contributed by atoms with Gasteiger partial charge in [-0.05, 0) is 47.6 Å². The number of nitrogens with zero attached hydrogens (tertiary/aromatic N) is 2. The maximum atomic E-state index is 5.02. The molecule has 0 radical (unpaired) electrons. The number of aliphatic imine (C=N–C) groups is 1. The molecule has 1 unspecified atom stereocenters. The molecule has 0 saturated heterocycles. The van der Waals surface area contributed by atoms with Crippen LogP contribution in [0.5, 0.6) is 0 Å². The van der Waals surface area contributed by atoms with Crippen LogP contribution in [0.3, 0.4) is 0 Å². The summed E-state index contributed by atoms with van der Waals surface area (Å²) in [6.07, 6.45) is 5.35. The van der Waals surface area contributed by atoms with Crippen LogP contribution >= 0.6 is 0 Å². The topological polar surface area (TPSA) is 17.3 Å². The van der Waals surface area contributed by atoms with Gasteiger partial charge in [-0.3, -0.25) is 0 Å². The Kier molecular flexibility index (Phi) is 6.18. The van der Waals surface area contributed by atoms with Gasteiger partial charge in [0.1, 0.15) is 11.4 Å². The zero-order chi connectivity index (χ0) is 21.7. The van der Waals surface area contributed by atoms with Crippen LogP contribution < -0.4 is 0 Å². The van der Waals surface area contributed by atoms with Gasteiger partial charge in [0.2, 0.25) is 0 Å². The summed E-state index contributed by atoms with van der Waals surface area (Å²) in [7, 11) is 0. The van der Waals surface area contributed by atoms with Gasteiger partial charge in [0, 0.05) is 12.4 Å². The van der Waals surface area contributed by atoms with E-state index < -0.39 is 5.54 Å². The van der Waals surface area contributed by atoms with Gasteiger partial charge >= 0.3 is 0 Å². The third-order valence-electron chi connectivity index (χ3n) is 6.09. The quantitative estimate of drug-likeness (QED) is 0.225. The van der Waals surface area contributed by atoms with E-state index in [1.165, 1.54) is 22.3 Å². The lowest BCUT2D eigenvalue weighted by atomic mass is 9.76. The van der Waals surface area contributed by atoms with Crippen molar-refractivity contribution in [2.75, 3.05) is 0 Å². The van der Waals surface area contributed by atoms with Crippen molar-refractivity contribution < 1.29 is 0 Å². The Morgan fingerprint density at radius 1 is 0.774 bits per heavy atom. The lowest BCUT2D eigenvalue weighted by Gasteiger charge is -2.38. The Bertz CT molecular complexity index is 1030. The lowest BCUT2D eigenvalue weighted by molar-refractivity contribution is 0.521. The second-order valence-electron chi connectivity index (χ2n) is 8.16. The maximum Gasteiger partial charge on any atom is 0.136 e. The van der Waals surface area contributed by atoms with Gasteiger partial charge in [0.25, 0.3) is 0 Å². The lowest BCUT2D eigenvalue weighted by Crippen LogP contribution is -2.37. The summed E-state index contributed by atoms with van der Waals surface area (Å²) in [4.78, 5) is 5.02. The molecule has 0 spiro atoms. The zero-order valence-electron chi connectivity index (χ0n) is 18.6. The summed E-state index contributed by atoms with van der Waals surface area (Å²) in [5.41, 5.74) is 4.28. The van der Waals surface area contributed by atoms with E-state index in [4.69, 9.17) is 4.99 Å². The molecule has 0 N–H and O–H groups in total. The first-order valence-electron chi connectivity index (χ1n) is 11.1. The molecule has 1 aromatic heterocycles. The molecule has 0 bridgehead atoms. The minimum atomic E-state index is -0.528. The van der Waals surface area contributed by atoms with E-state index in [1.54, 1.807) is 0 Å². The summed E-state index contributed by atoms with van der Waals surface area (Å²) >= 11 is 0. The minimum Gasteiger partial charge on any atom is -0.314 e. The van der Waals surface area contributed by atoms with Gasteiger partial charge in [-0.1, -0.05) is 105 Å². The zero-order valence-corrected chi connectivity index (χ0v) is 18.6. The van der Waals surface area contributed by atoms with E-state index in [9.17, 15) is 0 Å². The summed E-state index contributed by atoms with van der Waals surface area (Å²) in [6.45, 7) is 6.56. The van der Waals surface area contributed by atoms with Crippen LogP contribution in [0.4, 0.5) is 5.82 Å². The molecular weight excluding hydrogens is 376 g/mol. The molecule has 4 rings (SSSR count). The van der Waals surface area contributed by atoms with Crippen molar-refractivity contribution in [1.82, 2.24) is 4.57 Å². The second-order valence-corrected chi connectivity index (χ2v) is 8.16. The van der Waals surface area contributed by atoms with Crippen LogP contribution in [0.2, 0.25) is 0 Å². The average Bonchev–Trinajstić information content (AvgIpc) is 3.20. The van der Waals surface area contributed by atoms with E-state index in [0.29, 0.717) is 5.92 Å². The summed E-state index contributed by atoms with van der Waals surface area (Å²) in [6, 6.07) is 34.4. The van der Waals surface area contributed by atoms with E-state index in [-0.39, 0.29) is 0 Å². The van der Waals surface area contributed by atoms with Crippen molar-refractivity contribution in [2.45, 2.75) is 32.7 Å². The highest BCUT2D eigenvalue weighted by Crippen LogP contribution is 2.44. The van der Waals surface area contributed by atoms with Crippen molar-refractivity contribution in [2.24, 2.45) is 10.9 Å². The average molecular weight is 407 g/mol. The Balaban J connectivity index is 2.09. The van der Waals surface area contributed by atoms with Crippen molar-refractivity contribution in [3.63, 3.8) is 0 Å². The van der Waals surface area contributed by atoms with Gasteiger partial charge in [0.05, 0.1) is 0 Å². The van der Waals surface area contributed by atoms with Crippen LogP contribution in [0, 0.1) is 12.8 Å². The number of hydrogen-bond acceptors (Lipinski definition) is 1. The van der Waals surface area contributed by atoms with Crippen molar-refractivity contribution >= 4 is 12.0 Å². The van der Waals surface area contributed by atoms with Gasteiger partial charge in [-0.2, -0.15) is 0 Å². The van der Waals surface area contributed by atoms with Crippen LogP contribution in [-0.4, -0.2) is 10.8 Å². The third kappa shape index (κ3) is 3.86. The van der Waals surface area contributed by atoms with E-state index >= 15 is 0 Å². The van der Waals surface area contributed by atoms with E-state index in [0.717, 1.165) is 12.2 Å². The molecule has 31 heavy (non-hydrogen) atoms. The van der Waals surface area contributed by atoms with Crippen molar-refractivity contribution in [3.05, 3.63) is 126 Å². The molecule has 4 aromatic rings. The van der Waals surface area contributed by atoms with Crippen LogP contribution in [0.25, 0.3) is 0 Å². The third-order valence-corrected chi connectivity index (χ3v) is 6.09. The van der Waals surface area contributed by atoms with Crippen molar-refractivity contribution in [3.8, 4) is 0 Å². The fourth-order valence-corrected chi connectivity index (χ4v) is 4.21. The van der Waals surface area contributed by atoms with Gasteiger partial charge in [-0.15, -0.1) is 0 Å². The van der Waals surface area contributed by atoms with Gasteiger partial charge < -0.3 is 4.57 Å². The first-order chi connectivity index (χ1) is 15.2. The summed E-state index contributed by atoms with van der Waals surface area (Å²) < 4.78 is 2.35. The molecule has 0 amide bonds. The smallest absolute Gasteiger partial charge is 0.136 e. The number of aromatic nitrogens is 1. The SMILES string of the molecule is CCC(C)C=Nc1c(C)ccn1C(c1ccccc1)(c1ccccc1)c1ccccc1. The molecule has 1 atom stereocenters. The van der Waals surface area contributed by atoms with Gasteiger partial charge in [-0.25, -0.2) is 4.99 Å². The van der Waals surface area contributed by atoms with Crippen LogP contribution in [0.15, 0.2) is 108 Å². The highest BCUT2D eigenvalue weighted by Gasteiger charge is 2.39. The molecule has 2 heteroatoms. The summed E-state index contributed by atoms with van der Waals surface area (Å²) in [5.74, 6) is 1.43. The first kappa shape index (κ1) is 20.9. The molecule has 156 valence electrons. The number of benzene rings is 3. The fraction of sp³-hybridized carbons (Fsp3) is 0.207. The fourth-order valence-electron chi connectivity index (χ4n) is 4.21. The predicted molar refractivity (Wildman–Crippen MR) is 131 cm³/mol. The molecule has 0 aliphatic rings. The monoisotopic (exact) mass is 406 g/mol. The Morgan fingerprint density at radius 3 is 1.65 bits per heavy atom. The minimum absolute atomic E-state index is 0.433. The molecular formula is C29H30N2. The molecule has 0 aliphatic carbocycles. The number of aryl methyl sites for hydroxylation is 1. The molecule has 0 fully saturated rings. The maximum absolute atomic E-state index is 5.02. The molecule has 3 aromatic carbocycles. The number of hydrogen-bond donors (Lipinski definition) is 0. The highest BCUT2D eigenvalue weighted by molar-refractivity contribution is 5.66. The normalized spacial score (nSPS) is 12.9. The Labute approximate surface area is 185 Å². The largest absolute Gasteiger partial charge is 0.314 e. The number of rotatable bonds is 7. The predicted octanol–water partition coefficient (Wildman–Crippen LogP) is 7.39. The highest BCUT2D eigenvalue weighted by atomic mass is 15.1. The van der Waals surface area contributed by atoms with Crippen molar-refractivity contribution in [1.29, 1.82) is 0 Å². The van der Waals surface area contributed by atoms with Crippen LogP contribution in [-0.2, 0) is 5.54 Å². The van der Waals surface area contributed by atoms with Crippen LogP contribution in [0.1, 0.15) is 42.5 Å². The molecule has 1 heterocycles. The Morgan fingerprint density at radius 2 is 1.23 bits per heavy atom. The first-order valence-corrected chi connectivity index (χ1v) is 11.1. The second kappa shape index (κ2) is 9.18. The van der Waals surface area contributed by atoms with Gasteiger partial charge in [0.15, 0.2) is 0 Å². The van der Waals surface area contributed by atoms with E-state index in [1.807, 2.05) is 0 Å². The molecule has 0 aliphatic heterocycles. The molecule has 2 nitrogen and oxygen atoms in total. The Hall–Kier alpha value is -3.39. The summed E-state index contributed by atoms with van der Waals surface area (Å²) in [5, 5.41) is 0. The standard InChI is InChI=1S/C29H30N2/c1-4-23(2)22-30-28-24(3)20-21-31(28)29(25-14-8-5-9-15-25,26-16-10-6-11-17-26)27-18-12-7-13-19-27/h5-23H,4H2,1-3H3.